The molecule has 1 aromatic heterocycles. The summed E-state index contributed by atoms with van der Waals surface area (Å²) in [6.45, 7) is 6.31. The standard InChI is InChI=1S/C16H21FN4/c1-4-18-9-14-10-19-16(20-12(14)2)21(3)11-13-6-5-7-15(17)8-13/h5-8,10,18H,4,9,11H2,1-3H3. The molecule has 2 aromatic rings. The third-order valence-corrected chi connectivity index (χ3v) is 3.28. The molecule has 0 atom stereocenters. The van der Waals surface area contributed by atoms with Gasteiger partial charge in [0.05, 0.1) is 0 Å². The zero-order chi connectivity index (χ0) is 15.2. The molecule has 0 bridgehead atoms. The van der Waals surface area contributed by atoms with Gasteiger partial charge in [0.2, 0.25) is 5.95 Å². The Labute approximate surface area is 125 Å². The molecule has 1 aromatic carbocycles. The van der Waals surface area contributed by atoms with Gasteiger partial charge in [0.15, 0.2) is 0 Å². The molecule has 1 N–H and O–H groups in total. The van der Waals surface area contributed by atoms with Crippen LogP contribution in [0.15, 0.2) is 30.5 Å². The van der Waals surface area contributed by atoms with Crippen LogP contribution in [-0.4, -0.2) is 23.6 Å². The predicted octanol–water partition coefficient (Wildman–Crippen LogP) is 2.67. The minimum atomic E-state index is -0.223. The van der Waals surface area contributed by atoms with Crippen LogP contribution in [0.25, 0.3) is 0 Å². The van der Waals surface area contributed by atoms with E-state index >= 15 is 0 Å². The molecule has 0 spiro atoms. The Hall–Kier alpha value is -2.01. The summed E-state index contributed by atoms with van der Waals surface area (Å²) in [6, 6.07) is 6.58. The first kappa shape index (κ1) is 15.4. The van der Waals surface area contributed by atoms with Crippen molar-refractivity contribution in [3.05, 3.63) is 53.1 Å². The summed E-state index contributed by atoms with van der Waals surface area (Å²) in [6.07, 6.45) is 1.85. The molecule has 5 heteroatoms. The molecule has 21 heavy (non-hydrogen) atoms. The highest BCUT2D eigenvalue weighted by atomic mass is 19.1. The minimum Gasteiger partial charge on any atom is -0.340 e. The number of hydrogen-bond donors (Lipinski definition) is 1. The third kappa shape index (κ3) is 4.23. The van der Waals surface area contributed by atoms with Crippen LogP contribution in [-0.2, 0) is 13.1 Å². The summed E-state index contributed by atoms with van der Waals surface area (Å²) in [5.74, 6) is 0.427. The summed E-state index contributed by atoms with van der Waals surface area (Å²) in [5, 5.41) is 3.26. The second-order valence-electron chi connectivity index (χ2n) is 5.05. The molecular formula is C16H21FN4. The summed E-state index contributed by atoms with van der Waals surface area (Å²) in [7, 11) is 1.91. The van der Waals surface area contributed by atoms with Gasteiger partial charge in [0.25, 0.3) is 0 Å². The van der Waals surface area contributed by atoms with Gasteiger partial charge in [-0.25, -0.2) is 14.4 Å². The van der Waals surface area contributed by atoms with Crippen molar-refractivity contribution in [1.29, 1.82) is 0 Å². The molecule has 1 heterocycles. The second kappa shape index (κ2) is 7.13. The lowest BCUT2D eigenvalue weighted by Gasteiger charge is -2.18. The molecule has 2 rings (SSSR count). The first-order chi connectivity index (χ1) is 10.1. The molecule has 0 saturated heterocycles. The van der Waals surface area contributed by atoms with E-state index in [1.807, 2.05) is 31.1 Å². The number of aromatic nitrogens is 2. The Bertz CT molecular complexity index is 601. The van der Waals surface area contributed by atoms with Crippen LogP contribution < -0.4 is 10.2 Å². The van der Waals surface area contributed by atoms with Crippen molar-refractivity contribution in [2.24, 2.45) is 0 Å². The van der Waals surface area contributed by atoms with Gasteiger partial charge < -0.3 is 10.2 Å². The maximum atomic E-state index is 13.2. The largest absolute Gasteiger partial charge is 0.340 e. The maximum Gasteiger partial charge on any atom is 0.225 e. The average Bonchev–Trinajstić information content (AvgIpc) is 2.46. The number of nitrogens with zero attached hydrogens (tertiary/aromatic N) is 3. The highest BCUT2D eigenvalue weighted by Crippen LogP contribution is 2.13. The highest BCUT2D eigenvalue weighted by molar-refractivity contribution is 5.33. The number of aryl methyl sites for hydroxylation is 1. The van der Waals surface area contributed by atoms with Crippen molar-refractivity contribution >= 4 is 5.95 Å². The molecule has 0 fully saturated rings. The molecule has 0 aliphatic heterocycles. The van der Waals surface area contributed by atoms with E-state index in [0.29, 0.717) is 12.5 Å². The Balaban J connectivity index is 2.08. The zero-order valence-electron chi connectivity index (χ0n) is 12.7. The van der Waals surface area contributed by atoms with Crippen LogP contribution in [0.1, 0.15) is 23.7 Å². The number of nitrogens with one attached hydrogen (secondary N) is 1. The van der Waals surface area contributed by atoms with Gasteiger partial charge in [-0.05, 0) is 31.2 Å². The molecular weight excluding hydrogens is 267 g/mol. The molecule has 0 aliphatic carbocycles. The third-order valence-electron chi connectivity index (χ3n) is 3.28. The lowest BCUT2D eigenvalue weighted by Crippen LogP contribution is -2.20. The van der Waals surface area contributed by atoms with Crippen LogP contribution in [0.4, 0.5) is 10.3 Å². The molecule has 112 valence electrons. The normalized spacial score (nSPS) is 10.7. The average molecular weight is 288 g/mol. The van der Waals surface area contributed by atoms with Crippen LogP contribution in [0.2, 0.25) is 0 Å². The monoisotopic (exact) mass is 288 g/mol. The SMILES string of the molecule is CCNCc1cnc(N(C)Cc2cccc(F)c2)nc1C. The molecule has 0 unspecified atom stereocenters. The van der Waals surface area contributed by atoms with Gasteiger partial charge in [0.1, 0.15) is 5.82 Å². The second-order valence-corrected chi connectivity index (χ2v) is 5.05. The first-order valence-electron chi connectivity index (χ1n) is 7.09. The molecule has 4 nitrogen and oxygen atoms in total. The first-order valence-corrected chi connectivity index (χ1v) is 7.09. The van der Waals surface area contributed by atoms with E-state index in [0.717, 1.165) is 29.9 Å². The minimum absolute atomic E-state index is 0.223. The Morgan fingerprint density at radius 3 is 2.81 bits per heavy atom. The number of anilines is 1. The van der Waals surface area contributed by atoms with Gasteiger partial charge in [0, 0.05) is 37.6 Å². The summed E-state index contributed by atoms with van der Waals surface area (Å²) >= 11 is 0. The fraction of sp³-hybridized carbons (Fsp3) is 0.375. The number of benzene rings is 1. The quantitative estimate of drug-likeness (QED) is 0.887. The van der Waals surface area contributed by atoms with Crippen LogP contribution in [0, 0.1) is 12.7 Å². The number of halogens is 1. The van der Waals surface area contributed by atoms with E-state index < -0.39 is 0 Å². The highest BCUT2D eigenvalue weighted by Gasteiger charge is 2.08. The number of hydrogen-bond acceptors (Lipinski definition) is 4. The van der Waals surface area contributed by atoms with Gasteiger partial charge in [-0.2, -0.15) is 0 Å². The van der Waals surface area contributed by atoms with Crippen LogP contribution >= 0.6 is 0 Å². The summed E-state index contributed by atoms with van der Waals surface area (Å²) < 4.78 is 13.2. The zero-order valence-corrected chi connectivity index (χ0v) is 12.7. The topological polar surface area (TPSA) is 41.1 Å². The van der Waals surface area contributed by atoms with Crippen molar-refractivity contribution in [3.8, 4) is 0 Å². The lowest BCUT2D eigenvalue weighted by molar-refractivity contribution is 0.625. The van der Waals surface area contributed by atoms with E-state index in [1.54, 1.807) is 6.07 Å². The number of rotatable bonds is 6. The van der Waals surface area contributed by atoms with Crippen LogP contribution in [0.3, 0.4) is 0 Å². The van der Waals surface area contributed by atoms with Crippen molar-refractivity contribution < 1.29 is 4.39 Å². The van der Waals surface area contributed by atoms with E-state index in [9.17, 15) is 4.39 Å². The van der Waals surface area contributed by atoms with Crippen LogP contribution in [0.5, 0.6) is 0 Å². The molecule has 0 amide bonds. The molecule has 0 saturated carbocycles. The van der Waals surface area contributed by atoms with Crippen molar-refractivity contribution in [3.63, 3.8) is 0 Å². The molecule has 0 aliphatic rings. The Kier molecular flexibility index (Phi) is 5.22. The van der Waals surface area contributed by atoms with E-state index in [2.05, 4.69) is 22.2 Å². The van der Waals surface area contributed by atoms with Gasteiger partial charge in [-0.15, -0.1) is 0 Å². The maximum absolute atomic E-state index is 13.2. The predicted molar refractivity (Wildman–Crippen MR) is 82.7 cm³/mol. The van der Waals surface area contributed by atoms with Gasteiger partial charge in [-0.3, -0.25) is 0 Å². The van der Waals surface area contributed by atoms with E-state index in [4.69, 9.17) is 0 Å². The Morgan fingerprint density at radius 1 is 1.33 bits per heavy atom. The van der Waals surface area contributed by atoms with Crippen molar-refractivity contribution in [1.82, 2.24) is 15.3 Å². The summed E-state index contributed by atoms with van der Waals surface area (Å²) in [4.78, 5) is 10.8. The molecule has 0 radical (unpaired) electrons. The smallest absolute Gasteiger partial charge is 0.225 e. The summed E-state index contributed by atoms with van der Waals surface area (Å²) in [5.41, 5.74) is 2.96. The van der Waals surface area contributed by atoms with Gasteiger partial charge >= 0.3 is 0 Å². The van der Waals surface area contributed by atoms with Gasteiger partial charge in [-0.1, -0.05) is 19.1 Å². The fourth-order valence-electron chi connectivity index (χ4n) is 2.08. The fourth-order valence-corrected chi connectivity index (χ4v) is 2.08. The Morgan fingerprint density at radius 2 is 2.14 bits per heavy atom. The van der Waals surface area contributed by atoms with Crippen molar-refractivity contribution in [2.75, 3.05) is 18.5 Å². The van der Waals surface area contributed by atoms with E-state index in [1.165, 1.54) is 12.1 Å². The van der Waals surface area contributed by atoms with E-state index in [-0.39, 0.29) is 5.82 Å². The lowest BCUT2D eigenvalue weighted by atomic mass is 10.2. The van der Waals surface area contributed by atoms with Crippen molar-refractivity contribution in [2.45, 2.75) is 26.9 Å².